The van der Waals surface area contributed by atoms with Crippen molar-refractivity contribution in [1.29, 1.82) is 0 Å². The van der Waals surface area contributed by atoms with Gasteiger partial charge in [0, 0.05) is 0 Å². The van der Waals surface area contributed by atoms with Gasteiger partial charge in [0.1, 0.15) is 0 Å². The summed E-state index contributed by atoms with van der Waals surface area (Å²) in [6.07, 6.45) is -2.82. The Hall–Kier alpha value is -1.51. The summed E-state index contributed by atoms with van der Waals surface area (Å²) < 4.78 is 45.1. The molecule has 1 unspecified atom stereocenters. The van der Waals surface area contributed by atoms with Gasteiger partial charge in [-0.1, -0.05) is 12.1 Å². The quantitative estimate of drug-likeness (QED) is 0.664. The lowest BCUT2D eigenvalue weighted by Gasteiger charge is -2.14. The maximum atomic E-state index is 12.4. The van der Waals surface area contributed by atoms with Crippen molar-refractivity contribution in [3.05, 3.63) is 47.3 Å². The van der Waals surface area contributed by atoms with Crippen LogP contribution in [0.5, 0.6) is 0 Å². The zero-order chi connectivity index (χ0) is 13.2. The molecule has 0 aliphatic rings. The van der Waals surface area contributed by atoms with Crippen molar-refractivity contribution >= 4 is 11.7 Å². The highest BCUT2D eigenvalue weighted by atomic mass is 32.1. The molecular weight excluding hydrogens is 265 g/mol. The van der Waals surface area contributed by atoms with Crippen LogP contribution in [0.4, 0.5) is 13.2 Å². The van der Waals surface area contributed by atoms with Crippen molar-refractivity contribution in [2.45, 2.75) is 12.2 Å². The number of nitrogens with zero attached hydrogens (tertiary/aromatic N) is 2. The molecule has 0 bridgehead atoms. The third-order valence-corrected chi connectivity index (χ3v) is 2.90. The number of alkyl halides is 3. The van der Waals surface area contributed by atoms with Crippen molar-refractivity contribution in [3.63, 3.8) is 0 Å². The minimum absolute atomic E-state index is 0.467. The fourth-order valence-electron chi connectivity index (χ4n) is 1.52. The molecule has 4 nitrogen and oxygen atoms in total. The number of nitrogens with one attached hydrogen (secondary N) is 1. The zero-order valence-electron chi connectivity index (χ0n) is 8.98. The Morgan fingerprint density at radius 2 is 1.89 bits per heavy atom. The predicted octanol–water partition coefficient (Wildman–Crippen LogP) is 2.11. The minimum Gasteiger partial charge on any atom is -0.271 e. The fraction of sp³-hybridized carbons (Fsp3) is 0.200. The largest absolute Gasteiger partial charge is 0.416 e. The van der Waals surface area contributed by atoms with E-state index in [4.69, 9.17) is 5.84 Å². The summed E-state index contributed by atoms with van der Waals surface area (Å²) in [5.74, 6) is 5.38. The number of hydrogen-bond donors (Lipinski definition) is 2. The van der Waals surface area contributed by atoms with Gasteiger partial charge in [-0.15, -0.1) is 0 Å². The highest BCUT2D eigenvalue weighted by molar-refractivity contribution is 6.99. The third kappa shape index (κ3) is 2.66. The third-order valence-electron chi connectivity index (χ3n) is 2.41. The molecule has 0 amide bonds. The second-order valence-electron chi connectivity index (χ2n) is 3.55. The van der Waals surface area contributed by atoms with E-state index in [9.17, 15) is 13.2 Å². The molecule has 0 spiro atoms. The highest BCUT2D eigenvalue weighted by Gasteiger charge is 2.30. The molecule has 1 atom stereocenters. The standard InChI is InChI=1S/C10H9F3N4S/c11-10(12,13)7-3-1-6(2-4-7)9(16-14)8-5-15-18-17-8/h1-5,9,16H,14H2. The number of hydrogen-bond acceptors (Lipinski definition) is 5. The van der Waals surface area contributed by atoms with E-state index in [1.54, 1.807) is 0 Å². The number of nitrogens with two attached hydrogens (primary N) is 1. The first-order valence-electron chi connectivity index (χ1n) is 4.93. The molecule has 2 aromatic rings. The van der Waals surface area contributed by atoms with Crippen LogP contribution in [0.25, 0.3) is 0 Å². The van der Waals surface area contributed by atoms with Crippen LogP contribution >= 0.6 is 11.7 Å². The normalized spacial score (nSPS) is 13.6. The average molecular weight is 274 g/mol. The molecule has 0 fully saturated rings. The average Bonchev–Trinajstić information content (AvgIpc) is 2.83. The van der Waals surface area contributed by atoms with Gasteiger partial charge in [-0.25, -0.2) is 5.43 Å². The summed E-state index contributed by atoms with van der Waals surface area (Å²) in [5, 5.41) is 0. The van der Waals surface area contributed by atoms with Crippen LogP contribution in [0.3, 0.4) is 0 Å². The van der Waals surface area contributed by atoms with E-state index in [2.05, 4.69) is 14.2 Å². The van der Waals surface area contributed by atoms with E-state index in [-0.39, 0.29) is 0 Å². The molecule has 0 saturated carbocycles. The summed E-state index contributed by atoms with van der Waals surface area (Å²) in [6, 6.07) is 4.30. The lowest BCUT2D eigenvalue weighted by atomic mass is 10.0. The number of rotatable bonds is 3. The van der Waals surface area contributed by atoms with Crippen LogP contribution in [0.1, 0.15) is 22.9 Å². The van der Waals surface area contributed by atoms with Crippen molar-refractivity contribution in [2.24, 2.45) is 5.84 Å². The summed E-state index contributed by atoms with van der Waals surface area (Å²) in [7, 11) is 0. The molecule has 0 saturated heterocycles. The molecule has 96 valence electrons. The van der Waals surface area contributed by atoms with E-state index in [1.807, 2.05) is 0 Å². The van der Waals surface area contributed by atoms with Gasteiger partial charge in [0.05, 0.1) is 35.2 Å². The van der Waals surface area contributed by atoms with Crippen molar-refractivity contribution in [2.75, 3.05) is 0 Å². The monoisotopic (exact) mass is 274 g/mol. The Bertz CT molecular complexity index is 495. The smallest absolute Gasteiger partial charge is 0.271 e. The molecular formula is C10H9F3N4S. The number of aromatic nitrogens is 2. The Morgan fingerprint density at radius 1 is 1.22 bits per heavy atom. The maximum absolute atomic E-state index is 12.4. The van der Waals surface area contributed by atoms with Crippen molar-refractivity contribution in [3.8, 4) is 0 Å². The van der Waals surface area contributed by atoms with E-state index in [0.29, 0.717) is 11.3 Å². The molecule has 1 aromatic carbocycles. The van der Waals surface area contributed by atoms with Gasteiger partial charge in [0.15, 0.2) is 0 Å². The summed E-state index contributed by atoms with van der Waals surface area (Å²) in [5.41, 5.74) is 2.97. The van der Waals surface area contributed by atoms with Gasteiger partial charge in [-0.2, -0.15) is 21.9 Å². The van der Waals surface area contributed by atoms with Crippen LogP contribution < -0.4 is 11.3 Å². The van der Waals surface area contributed by atoms with Crippen LogP contribution in [-0.4, -0.2) is 8.75 Å². The summed E-state index contributed by atoms with van der Waals surface area (Å²) in [6.45, 7) is 0. The number of benzene rings is 1. The summed E-state index contributed by atoms with van der Waals surface area (Å²) >= 11 is 1.01. The molecule has 1 aromatic heterocycles. The van der Waals surface area contributed by atoms with Gasteiger partial charge >= 0.3 is 6.18 Å². The van der Waals surface area contributed by atoms with E-state index >= 15 is 0 Å². The first-order valence-corrected chi connectivity index (χ1v) is 5.66. The molecule has 0 aliphatic carbocycles. The van der Waals surface area contributed by atoms with E-state index in [0.717, 1.165) is 23.9 Å². The van der Waals surface area contributed by atoms with Crippen LogP contribution in [0.2, 0.25) is 0 Å². The molecule has 0 aliphatic heterocycles. The van der Waals surface area contributed by atoms with Gasteiger partial charge in [0.2, 0.25) is 0 Å². The van der Waals surface area contributed by atoms with Crippen molar-refractivity contribution < 1.29 is 13.2 Å². The van der Waals surface area contributed by atoms with Crippen LogP contribution in [-0.2, 0) is 6.18 Å². The molecule has 1 heterocycles. The fourth-order valence-corrected chi connectivity index (χ4v) is 1.97. The van der Waals surface area contributed by atoms with Crippen molar-refractivity contribution in [1.82, 2.24) is 14.2 Å². The molecule has 0 radical (unpaired) electrons. The Labute approximate surface area is 105 Å². The Balaban J connectivity index is 2.28. The van der Waals surface area contributed by atoms with Gasteiger partial charge in [-0.3, -0.25) is 5.84 Å². The SMILES string of the molecule is NNC(c1ccc(C(F)(F)F)cc1)c1cnsn1. The second kappa shape index (κ2) is 5.01. The molecule has 2 rings (SSSR count). The minimum atomic E-state index is -4.34. The Kier molecular flexibility index (Phi) is 3.60. The van der Waals surface area contributed by atoms with E-state index in [1.165, 1.54) is 18.3 Å². The second-order valence-corrected chi connectivity index (χ2v) is 4.11. The van der Waals surface area contributed by atoms with Gasteiger partial charge < -0.3 is 0 Å². The number of hydrazine groups is 1. The van der Waals surface area contributed by atoms with Crippen LogP contribution in [0, 0.1) is 0 Å². The molecule has 8 heteroatoms. The van der Waals surface area contributed by atoms with Gasteiger partial charge in [0.25, 0.3) is 0 Å². The topological polar surface area (TPSA) is 63.8 Å². The predicted molar refractivity (Wildman–Crippen MR) is 60.5 cm³/mol. The zero-order valence-corrected chi connectivity index (χ0v) is 9.79. The van der Waals surface area contributed by atoms with Gasteiger partial charge in [-0.05, 0) is 17.7 Å². The lowest BCUT2D eigenvalue weighted by Crippen LogP contribution is -2.29. The highest BCUT2D eigenvalue weighted by Crippen LogP contribution is 2.30. The van der Waals surface area contributed by atoms with Crippen LogP contribution in [0.15, 0.2) is 30.5 Å². The Morgan fingerprint density at radius 3 is 2.33 bits per heavy atom. The first kappa shape index (κ1) is 12.9. The number of halogens is 3. The molecule has 18 heavy (non-hydrogen) atoms. The maximum Gasteiger partial charge on any atom is 0.416 e. The molecule has 3 N–H and O–H groups in total. The summed E-state index contributed by atoms with van der Waals surface area (Å²) in [4.78, 5) is 0. The first-order chi connectivity index (χ1) is 8.52. The lowest BCUT2D eigenvalue weighted by molar-refractivity contribution is -0.137. The van der Waals surface area contributed by atoms with E-state index < -0.39 is 17.8 Å².